The van der Waals surface area contributed by atoms with Crippen LogP contribution in [0.2, 0.25) is 0 Å². The SMILES string of the molecule is COC(=O)c1cc([N+](=O)OC)ccc1F. The molecular formula is C9H9FNO4+. The monoisotopic (exact) mass is 214 g/mol. The second-order valence-corrected chi connectivity index (χ2v) is 2.60. The molecule has 5 nitrogen and oxygen atoms in total. The number of methoxy groups -OCH3 is 1. The van der Waals surface area contributed by atoms with Crippen molar-refractivity contribution >= 4 is 11.7 Å². The molecule has 80 valence electrons. The van der Waals surface area contributed by atoms with Gasteiger partial charge in [0.15, 0.2) is 7.11 Å². The van der Waals surface area contributed by atoms with Gasteiger partial charge in [0.25, 0.3) is 4.92 Å². The highest BCUT2D eigenvalue weighted by Gasteiger charge is 2.20. The number of esters is 1. The molecule has 0 aliphatic heterocycles. The van der Waals surface area contributed by atoms with E-state index in [0.29, 0.717) is 0 Å². The third-order valence-electron chi connectivity index (χ3n) is 1.73. The van der Waals surface area contributed by atoms with Crippen LogP contribution in [0.5, 0.6) is 0 Å². The fraction of sp³-hybridized carbons (Fsp3) is 0.222. The van der Waals surface area contributed by atoms with Gasteiger partial charge in [-0.15, -0.1) is 0 Å². The van der Waals surface area contributed by atoms with Crippen molar-refractivity contribution in [3.8, 4) is 0 Å². The Morgan fingerprint density at radius 3 is 2.60 bits per heavy atom. The van der Waals surface area contributed by atoms with E-state index in [1.165, 1.54) is 6.07 Å². The molecule has 6 heteroatoms. The molecule has 0 aliphatic rings. The maximum absolute atomic E-state index is 13.1. The number of carbonyl (C=O) groups excluding carboxylic acids is 1. The van der Waals surface area contributed by atoms with Gasteiger partial charge < -0.3 is 4.74 Å². The fourth-order valence-electron chi connectivity index (χ4n) is 0.999. The highest BCUT2D eigenvalue weighted by atomic mass is 19.1. The minimum absolute atomic E-state index is 0.0132. The molecule has 0 amide bonds. The van der Waals surface area contributed by atoms with E-state index < -0.39 is 11.8 Å². The Bertz CT molecular complexity index is 405. The first-order valence-corrected chi connectivity index (χ1v) is 3.99. The molecule has 0 unspecified atom stereocenters. The molecule has 0 atom stereocenters. The Hall–Kier alpha value is -1.98. The van der Waals surface area contributed by atoms with Crippen molar-refractivity contribution in [1.29, 1.82) is 0 Å². The summed E-state index contributed by atoms with van der Waals surface area (Å²) in [7, 11) is 2.29. The van der Waals surface area contributed by atoms with Crippen LogP contribution in [0.3, 0.4) is 0 Å². The smallest absolute Gasteiger partial charge is 0.341 e. The predicted octanol–water partition coefficient (Wildman–Crippen LogP) is 1.58. The normalized spacial score (nSPS) is 9.53. The molecule has 0 radical (unpaired) electrons. The van der Waals surface area contributed by atoms with Gasteiger partial charge in [-0.3, -0.25) is 0 Å². The number of benzene rings is 1. The summed E-state index contributed by atoms with van der Waals surface area (Å²) in [4.78, 5) is 26.6. The first-order valence-electron chi connectivity index (χ1n) is 3.99. The van der Waals surface area contributed by atoms with Crippen molar-refractivity contribution in [2.45, 2.75) is 0 Å². The molecule has 0 saturated carbocycles. The molecule has 0 bridgehead atoms. The van der Waals surface area contributed by atoms with Crippen LogP contribution >= 0.6 is 0 Å². The topological polar surface area (TPSA) is 55.6 Å². The van der Waals surface area contributed by atoms with Crippen molar-refractivity contribution in [3.63, 3.8) is 0 Å². The molecule has 0 spiro atoms. The highest BCUT2D eigenvalue weighted by molar-refractivity contribution is 5.90. The van der Waals surface area contributed by atoms with Crippen LogP contribution in [0.1, 0.15) is 10.4 Å². The summed E-state index contributed by atoms with van der Waals surface area (Å²) >= 11 is 0. The third kappa shape index (κ3) is 2.28. The first-order chi connectivity index (χ1) is 7.10. The van der Waals surface area contributed by atoms with Gasteiger partial charge in [0.1, 0.15) is 11.4 Å². The van der Waals surface area contributed by atoms with Crippen LogP contribution in [0.25, 0.3) is 0 Å². The molecule has 15 heavy (non-hydrogen) atoms. The molecule has 1 rings (SSSR count). The lowest BCUT2D eigenvalue weighted by atomic mass is 10.2. The van der Waals surface area contributed by atoms with Crippen molar-refractivity contribution in [1.82, 2.24) is 0 Å². The molecular weight excluding hydrogens is 205 g/mol. The lowest BCUT2D eigenvalue weighted by molar-refractivity contribution is -0.736. The van der Waals surface area contributed by atoms with Crippen molar-refractivity contribution in [2.75, 3.05) is 14.2 Å². The van der Waals surface area contributed by atoms with Gasteiger partial charge in [-0.1, -0.05) is 0 Å². The van der Waals surface area contributed by atoms with Gasteiger partial charge in [-0.2, -0.15) is 0 Å². The average molecular weight is 214 g/mol. The number of hydrogen-bond donors (Lipinski definition) is 0. The Kier molecular flexibility index (Phi) is 3.33. The Morgan fingerprint density at radius 1 is 1.40 bits per heavy atom. The zero-order chi connectivity index (χ0) is 11.4. The van der Waals surface area contributed by atoms with Gasteiger partial charge in [-0.05, 0) is 6.07 Å². The molecule has 0 N–H and O–H groups in total. The summed E-state index contributed by atoms with van der Waals surface area (Å²) in [6.45, 7) is 0. The lowest BCUT2D eigenvalue weighted by Crippen LogP contribution is -2.06. The molecule has 0 heterocycles. The van der Waals surface area contributed by atoms with Gasteiger partial charge in [0.2, 0.25) is 0 Å². The average Bonchev–Trinajstić information content (AvgIpc) is 2.27. The first kappa shape index (κ1) is 11.1. The maximum Gasteiger partial charge on any atom is 0.341 e. The van der Waals surface area contributed by atoms with Crippen LogP contribution in [-0.4, -0.2) is 25.1 Å². The van der Waals surface area contributed by atoms with E-state index in [4.69, 9.17) is 0 Å². The van der Waals surface area contributed by atoms with E-state index in [1.54, 1.807) is 0 Å². The number of hydrogen-bond acceptors (Lipinski definition) is 4. The van der Waals surface area contributed by atoms with Crippen LogP contribution in [0.4, 0.5) is 10.1 Å². The van der Waals surface area contributed by atoms with E-state index >= 15 is 0 Å². The van der Waals surface area contributed by atoms with Crippen LogP contribution in [0.15, 0.2) is 18.2 Å². The number of ether oxygens (including phenoxy) is 1. The molecule has 0 aliphatic carbocycles. The number of nitrogens with zero attached hydrogens (tertiary/aromatic N) is 1. The summed E-state index contributed by atoms with van der Waals surface area (Å²) in [5.41, 5.74) is -0.299. The molecule has 0 fully saturated rings. The maximum atomic E-state index is 13.1. The standard InChI is InChI=1S/C9H9FNO4/c1-14-9(12)7-5-6(11(13)15-2)3-4-8(7)10/h3-5H,1-2H3/q+1. The lowest BCUT2D eigenvalue weighted by Gasteiger charge is -1.99. The molecule has 0 saturated heterocycles. The highest BCUT2D eigenvalue weighted by Crippen LogP contribution is 2.17. The van der Waals surface area contributed by atoms with E-state index in [0.717, 1.165) is 26.4 Å². The van der Waals surface area contributed by atoms with Crippen molar-refractivity contribution < 1.29 is 23.7 Å². The van der Waals surface area contributed by atoms with E-state index in [1.807, 2.05) is 0 Å². The fourth-order valence-corrected chi connectivity index (χ4v) is 0.999. The minimum atomic E-state index is -0.848. The quantitative estimate of drug-likeness (QED) is 0.566. The van der Waals surface area contributed by atoms with Gasteiger partial charge in [0.05, 0.1) is 12.0 Å². The second kappa shape index (κ2) is 4.50. The number of halogens is 1. The molecule has 0 aromatic heterocycles. The van der Waals surface area contributed by atoms with Gasteiger partial charge in [0, 0.05) is 12.1 Å². The van der Waals surface area contributed by atoms with Crippen LogP contribution in [0, 0.1) is 10.7 Å². The third-order valence-corrected chi connectivity index (χ3v) is 1.73. The minimum Gasteiger partial charge on any atom is -0.465 e. The van der Waals surface area contributed by atoms with Crippen molar-refractivity contribution in [3.05, 3.63) is 34.5 Å². The second-order valence-electron chi connectivity index (χ2n) is 2.60. The Balaban J connectivity index is 3.16. The van der Waals surface area contributed by atoms with Gasteiger partial charge >= 0.3 is 11.7 Å². The predicted molar refractivity (Wildman–Crippen MR) is 48.0 cm³/mol. The zero-order valence-electron chi connectivity index (χ0n) is 8.19. The summed E-state index contributed by atoms with van der Waals surface area (Å²) in [5, 5.41) is 0. The Morgan fingerprint density at radius 2 is 2.07 bits per heavy atom. The zero-order valence-corrected chi connectivity index (χ0v) is 8.19. The molecule has 1 aromatic carbocycles. The number of carbonyl (C=O) groups is 1. The van der Waals surface area contributed by atoms with Crippen LogP contribution < -0.4 is 0 Å². The number of rotatable bonds is 3. The summed E-state index contributed by atoms with van der Waals surface area (Å²) in [5.74, 6) is -1.60. The summed E-state index contributed by atoms with van der Waals surface area (Å²) in [6.07, 6.45) is 0. The van der Waals surface area contributed by atoms with Gasteiger partial charge in [-0.25, -0.2) is 14.0 Å². The summed E-state index contributed by atoms with van der Waals surface area (Å²) < 4.78 is 17.5. The van der Waals surface area contributed by atoms with Crippen molar-refractivity contribution in [2.24, 2.45) is 0 Å². The largest absolute Gasteiger partial charge is 0.465 e. The van der Waals surface area contributed by atoms with Crippen LogP contribution in [-0.2, 0) is 9.57 Å². The van der Waals surface area contributed by atoms with E-state index in [9.17, 15) is 14.1 Å². The van der Waals surface area contributed by atoms with E-state index in [-0.39, 0.29) is 16.2 Å². The Labute approximate surface area is 84.9 Å². The molecule has 1 aromatic rings. The van der Waals surface area contributed by atoms with E-state index in [2.05, 4.69) is 9.57 Å². The summed E-state index contributed by atoms with van der Waals surface area (Å²) in [6, 6.07) is 3.24.